The summed E-state index contributed by atoms with van der Waals surface area (Å²) in [6, 6.07) is 5.78. The van der Waals surface area contributed by atoms with E-state index in [0.717, 1.165) is 38.2 Å². The molecule has 11 heteroatoms. The molecular weight excluding hydrogens is 425 g/mol. The molecule has 172 valence electrons. The number of hydrogen-bond acceptors (Lipinski definition) is 8. The van der Waals surface area contributed by atoms with Gasteiger partial charge in [0.05, 0.1) is 18.4 Å². The van der Waals surface area contributed by atoms with Gasteiger partial charge in [-0.1, -0.05) is 0 Å². The van der Waals surface area contributed by atoms with Gasteiger partial charge >= 0.3 is 6.18 Å². The fraction of sp³-hybridized carbons (Fsp3) is 0.333. The number of hydrogen-bond donors (Lipinski definition) is 5. The summed E-state index contributed by atoms with van der Waals surface area (Å²) in [5.74, 6) is 0.749. The van der Waals surface area contributed by atoms with E-state index in [1.165, 1.54) is 7.11 Å². The van der Waals surface area contributed by atoms with Gasteiger partial charge < -0.3 is 37.0 Å². The van der Waals surface area contributed by atoms with Crippen LogP contribution in [0.25, 0.3) is 0 Å². The fourth-order valence-electron chi connectivity index (χ4n) is 3.29. The highest BCUT2D eigenvalue weighted by Gasteiger charge is 2.34. The molecule has 32 heavy (non-hydrogen) atoms. The SMILES string of the molecule is COc1cc(N/C(N)=C/C(=N)c2cnc(N)cc2C(F)(F)F)ccc1OC1CCNCC1. The van der Waals surface area contributed by atoms with E-state index in [2.05, 4.69) is 15.6 Å². The second kappa shape index (κ2) is 9.77. The number of nitrogens with zero attached hydrogens (tertiary/aromatic N) is 1. The standard InChI is InChI=1S/C21H25F3N6O2/c1-31-18-8-12(2-3-17(18)32-13-4-6-28-7-5-13)30-20(27)10-16(25)14-11-29-19(26)9-15(14)21(22,23)24/h2-3,8-11,13,25,28,30H,4-7,27H2,1H3,(H2,26,29)/b20-10+,25-16?. The molecule has 1 aromatic heterocycles. The average Bonchev–Trinajstić information content (AvgIpc) is 2.74. The molecule has 0 saturated carbocycles. The van der Waals surface area contributed by atoms with Crippen molar-refractivity contribution in [2.45, 2.75) is 25.1 Å². The number of nitrogen functional groups attached to an aromatic ring is 1. The lowest BCUT2D eigenvalue weighted by Crippen LogP contribution is -2.34. The Labute approximate surface area is 183 Å². The maximum Gasteiger partial charge on any atom is 0.417 e. The zero-order chi connectivity index (χ0) is 23.3. The van der Waals surface area contributed by atoms with Crippen molar-refractivity contribution >= 4 is 17.2 Å². The molecule has 3 rings (SSSR count). The number of rotatable bonds is 7. The third-order valence-corrected chi connectivity index (χ3v) is 4.85. The van der Waals surface area contributed by atoms with Gasteiger partial charge in [-0.3, -0.25) is 0 Å². The van der Waals surface area contributed by atoms with Crippen molar-refractivity contribution in [1.82, 2.24) is 10.3 Å². The van der Waals surface area contributed by atoms with Crippen LogP contribution in [0.4, 0.5) is 24.7 Å². The Hall–Kier alpha value is -3.47. The molecule has 1 aliphatic rings. The Balaban J connectivity index is 1.75. The molecule has 1 aromatic carbocycles. The number of piperidine rings is 1. The summed E-state index contributed by atoms with van der Waals surface area (Å²) in [6.45, 7) is 1.78. The normalized spacial score (nSPS) is 15.3. The average molecular weight is 450 g/mol. The molecule has 0 aliphatic carbocycles. The van der Waals surface area contributed by atoms with Crippen molar-refractivity contribution in [2.75, 3.05) is 31.2 Å². The number of allylic oxidation sites excluding steroid dienone is 1. The van der Waals surface area contributed by atoms with Gasteiger partial charge in [-0.15, -0.1) is 0 Å². The molecule has 7 N–H and O–H groups in total. The lowest BCUT2D eigenvalue weighted by atomic mass is 10.0. The quantitative estimate of drug-likeness (QED) is 0.410. The molecule has 0 radical (unpaired) electrons. The number of alkyl halides is 3. The number of pyridine rings is 1. The van der Waals surface area contributed by atoms with Gasteiger partial charge in [-0.2, -0.15) is 13.2 Å². The number of nitrogens with two attached hydrogens (primary N) is 2. The Bertz CT molecular complexity index is 1000. The molecule has 1 aliphatic heterocycles. The number of halogens is 3. The number of methoxy groups -OCH3 is 1. The molecule has 0 amide bonds. The van der Waals surface area contributed by atoms with Gasteiger partial charge in [-0.05, 0) is 44.1 Å². The Morgan fingerprint density at radius 1 is 1.25 bits per heavy atom. The maximum absolute atomic E-state index is 13.3. The summed E-state index contributed by atoms with van der Waals surface area (Å²) in [5.41, 5.74) is 9.85. The lowest BCUT2D eigenvalue weighted by Gasteiger charge is -2.25. The van der Waals surface area contributed by atoms with E-state index in [1.54, 1.807) is 18.2 Å². The predicted molar refractivity (Wildman–Crippen MR) is 116 cm³/mol. The first-order valence-electron chi connectivity index (χ1n) is 9.88. The molecule has 1 saturated heterocycles. The minimum atomic E-state index is -4.69. The minimum absolute atomic E-state index is 0.0333. The Morgan fingerprint density at radius 3 is 2.62 bits per heavy atom. The summed E-state index contributed by atoms with van der Waals surface area (Å²) in [7, 11) is 1.51. The summed E-state index contributed by atoms with van der Waals surface area (Å²) < 4.78 is 51.3. The van der Waals surface area contributed by atoms with E-state index in [-0.39, 0.29) is 17.7 Å². The van der Waals surface area contributed by atoms with Crippen molar-refractivity contribution in [1.29, 1.82) is 5.41 Å². The highest BCUT2D eigenvalue weighted by Crippen LogP contribution is 2.34. The third kappa shape index (κ3) is 5.82. The van der Waals surface area contributed by atoms with Crippen LogP contribution in [0.5, 0.6) is 11.5 Å². The number of benzene rings is 1. The number of ether oxygens (including phenoxy) is 2. The van der Waals surface area contributed by atoms with Crippen molar-refractivity contribution < 1.29 is 22.6 Å². The van der Waals surface area contributed by atoms with Gasteiger partial charge in [0.25, 0.3) is 0 Å². The maximum atomic E-state index is 13.3. The summed E-state index contributed by atoms with van der Waals surface area (Å²) in [5, 5.41) is 14.2. The first-order chi connectivity index (χ1) is 15.2. The zero-order valence-electron chi connectivity index (χ0n) is 17.4. The molecule has 0 unspecified atom stereocenters. The number of nitrogens with one attached hydrogen (secondary N) is 3. The highest BCUT2D eigenvalue weighted by atomic mass is 19.4. The number of aromatic nitrogens is 1. The van der Waals surface area contributed by atoms with Crippen molar-refractivity contribution in [2.24, 2.45) is 5.73 Å². The van der Waals surface area contributed by atoms with Gasteiger partial charge in [0, 0.05) is 29.6 Å². The molecule has 2 heterocycles. The highest BCUT2D eigenvalue weighted by molar-refractivity contribution is 6.08. The second-order valence-corrected chi connectivity index (χ2v) is 7.22. The fourth-order valence-corrected chi connectivity index (χ4v) is 3.29. The van der Waals surface area contributed by atoms with Gasteiger partial charge in [0.2, 0.25) is 0 Å². The molecule has 2 aromatic rings. The van der Waals surface area contributed by atoms with Crippen LogP contribution in [0, 0.1) is 5.41 Å². The van der Waals surface area contributed by atoms with Crippen LogP contribution < -0.4 is 31.6 Å². The van der Waals surface area contributed by atoms with E-state index < -0.39 is 23.0 Å². The lowest BCUT2D eigenvalue weighted by molar-refractivity contribution is -0.137. The molecular formula is C21H25F3N6O2. The van der Waals surface area contributed by atoms with Crippen LogP contribution in [0.15, 0.2) is 42.4 Å². The monoisotopic (exact) mass is 450 g/mol. The first kappa shape index (κ1) is 23.2. The van der Waals surface area contributed by atoms with Crippen LogP contribution in [-0.2, 0) is 6.18 Å². The van der Waals surface area contributed by atoms with E-state index in [9.17, 15) is 13.2 Å². The molecule has 0 spiro atoms. The van der Waals surface area contributed by atoms with Crippen LogP contribution in [0.1, 0.15) is 24.0 Å². The van der Waals surface area contributed by atoms with Crippen molar-refractivity contribution in [3.05, 3.63) is 53.5 Å². The smallest absolute Gasteiger partial charge is 0.417 e. The van der Waals surface area contributed by atoms with E-state index in [1.807, 2.05) is 0 Å². The second-order valence-electron chi connectivity index (χ2n) is 7.22. The molecule has 8 nitrogen and oxygen atoms in total. The van der Waals surface area contributed by atoms with Crippen LogP contribution in [0.3, 0.4) is 0 Å². The van der Waals surface area contributed by atoms with Gasteiger partial charge in [-0.25, -0.2) is 4.98 Å². The summed E-state index contributed by atoms with van der Waals surface area (Å²) in [4.78, 5) is 3.66. The topological polar surface area (TPSA) is 131 Å². The molecule has 0 bridgehead atoms. The largest absolute Gasteiger partial charge is 0.493 e. The predicted octanol–water partition coefficient (Wildman–Crippen LogP) is 3.10. The van der Waals surface area contributed by atoms with E-state index in [0.29, 0.717) is 23.3 Å². The summed E-state index contributed by atoms with van der Waals surface area (Å²) in [6.07, 6.45) is -0.839. The van der Waals surface area contributed by atoms with Crippen molar-refractivity contribution in [3.8, 4) is 11.5 Å². The third-order valence-electron chi connectivity index (χ3n) is 4.85. The zero-order valence-corrected chi connectivity index (χ0v) is 17.4. The van der Waals surface area contributed by atoms with Gasteiger partial charge in [0.15, 0.2) is 11.5 Å². The van der Waals surface area contributed by atoms with Crippen LogP contribution in [0.2, 0.25) is 0 Å². The molecule has 1 fully saturated rings. The minimum Gasteiger partial charge on any atom is -0.493 e. The van der Waals surface area contributed by atoms with Crippen LogP contribution in [-0.4, -0.2) is 37.0 Å². The Kier molecular flexibility index (Phi) is 7.08. The van der Waals surface area contributed by atoms with E-state index in [4.69, 9.17) is 26.4 Å². The first-order valence-corrected chi connectivity index (χ1v) is 9.88. The van der Waals surface area contributed by atoms with Gasteiger partial charge in [0.1, 0.15) is 17.7 Å². The Morgan fingerprint density at radius 2 is 1.97 bits per heavy atom. The van der Waals surface area contributed by atoms with E-state index >= 15 is 0 Å². The van der Waals surface area contributed by atoms with Crippen LogP contribution >= 0.6 is 0 Å². The van der Waals surface area contributed by atoms with Crippen molar-refractivity contribution in [3.63, 3.8) is 0 Å². The summed E-state index contributed by atoms with van der Waals surface area (Å²) >= 11 is 0. The number of anilines is 2. The molecule has 0 atom stereocenters.